The SMILES string of the molecule is CC1=C2CCC(C)CC2C(C(C)C)CC1=O. The van der Waals surface area contributed by atoms with Gasteiger partial charge in [-0.25, -0.2) is 0 Å². The van der Waals surface area contributed by atoms with Crippen LogP contribution in [0.5, 0.6) is 0 Å². The fourth-order valence-electron chi connectivity index (χ4n) is 3.57. The van der Waals surface area contributed by atoms with E-state index in [9.17, 15) is 4.79 Å². The predicted molar refractivity (Wildman–Crippen MR) is 67.2 cm³/mol. The van der Waals surface area contributed by atoms with Gasteiger partial charge in [0.05, 0.1) is 0 Å². The highest BCUT2D eigenvalue weighted by Gasteiger charge is 2.38. The van der Waals surface area contributed by atoms with E-state index in [1.807, 2.05) is 0 Å². The zero-order valence-electron chi connectivity index (χ0n) is 11.0. The zero-order valence-corrected chi connectivity index (χ0v) is 11.0. The van der Waals surface area contributed by atoms with E-state index in [0.29, 0.717) is 23.5 Å². The summed E-state index contributed by atoms with van der Waals surface area (Å²) >= 11 is 0. The monoisotopic (exact) mass is 220 g/mol. The van der Waals surface area contributed by atoms with Gasteiger partial charge in [-0.05, 0) is 55.4 Å². The maximum atomic E-state index is 12.0. The molecule has 0 aromatic rings. The second kappa shape index (κ2) is 4.35. The Balaban J connectivity index is 2.32. The van der Waals surface area contributed by atoms with E-state index in [2.05, 4.69) is 27.7 Å². The van der Waals surface area contributed by atoms with Gasteiger partial charge in [-0.2, -0.15) is 0 Å². The number of ketones is 1. The molecule has 0 aromatic heterocycles. The molecule has 1 nitrogen and oxygen atoms in total. The Morgan fingerprint density at radius 1 is 1.31 bits per heavy atom. The first-order valence-electron chi connectivity index (χ1n) is 6.73. The smallest absolute Gasteiger partial charge is 0.158 e. The third kappa shape index (κ3) is 1.97. The Morgan fingerprint density at radius 3 is 2.62 bits per heavy atom. The van der Waals surface area contributed by atoms with E-state index in [1.165, 1.54) is 24.8 Å². The van der Waals surface area contributed by atoms with E-state index >= 15 is 0 Å². The lowest BCUT2D eigenvalue weighted by Gasteiger charge is -2.41. The average Bonchev–Trinajstić information content (AvgIpc) is 2.22. The van der Waals surface area contributed by atoms with Crippen LogP contribution in [-0.4, -0.2) is 5.78 Å². The van der Waals surface area contributed by atoms with Crippen molar-refractivity contribution in [2.24, 2.45) is 23.7 Å². The van der Waals surface area contributed by atoms with Gasteiger partial charge in [-0.3, -0.25) is 4.79 Å². The molecule has 0 radical (unpaired) electrons. The molecule has 0 amide bonds. The molecule has 2 aliphatic carbocycles. The Kier molecular flexibility index (Phi) is 3.23. The molecule has 0 N–H and O–H groups in total. The summed E-state index contributed by atoms with van der Waals surface area (Å²) in [5.41, 5.74) is 2.61. The molecule has 0 aliphatic heterocycles. The first-order chi connectivity index (χ1) is 7.50. The summed E-state index contributed by atoms with van der Waals surface area (Å²) < 4.78 is 0. The van der Waals surface area contributed by atoms with Crippen molar-refractivity contribution < 1.29 is 4.79 Å². The second-order valence-electron chi connectivity index (χ2n) is 6.17. The Morgan fingerprint density at radius 2 is 2.00 bits per heavy atom. The highest BCUT2D eigenvalue weighted by Crippen LogP contribution is 2.46. The van der Waals surface area contributed by atoms with Crippen LogP contribution in [-0.2, 0) is 4.79 Å². The highest BCUT2D eigenvalue weighted by atomic mass is 16.1. The van der Waals surface area contributed by atoms with Gasteiger partial charge in [0.2, 0.25) is 0 Å². The summed E-state index contributed by atoms with van der Waals surface area (Å²) in [4.78, 5) is 12.0. The second-order valence-corrected chi connectivity index (χ2v) is 6.17. The Hall–Kier alpha value is -0.590. The van der Waals surface area contributed by atoms with Gasteiger partial charge in [0, 0.05) is 6.42 Å². The van der Waals surface area contributed by atoms with Crippen molar-refractivity contribution in [1.82, 2.24) is 0 Å². The summed E-state index contributed by atoms with van der Waals surface area (Å²) in [6.45, 7) is 8.96. The van der Waals surface area contributed by atoms with Crippen molar-refractivity contribution in [3.05, 3.63) is 11.1 Å². The number of Topliss-reactive ketones (excluding diaryl/α,β-unsaturated/α-hetero) is 1. The van der Waals surface area contributed by atoms with E-state index in [0.717, 1.165) is 17.9 Å². The Bertz CT molecular complexity index is 324. The lowest BCUT2D eigenvalue weighted by molar-refractivity contribution is -0.118. The van der Waals surface area contributed by atoms with Crippen LogP contribution < -0.4 is 0 Å². The van der Waals surface area contributed by atoms with Crippen LogP contribution in [0.2, 0.25) is 0 Å². The van der Waals surface area contributed by atoms with Gasteiger partial charge in [-0.15, -0.1) is 0 Å². The molecule has 1 saturated carbocycles. The molecule has 16 heavy (non-hydrogen) atoms. The number of hydrogen-bond donors (Lipinski definition) is 0. The third-order valence-corrected chi connectivity index (χ3v) is 4.70. The number of hydrogen-bond acceptors (Lipinski definition) is 1. The van der Waals surface area contributed by atoms with Crippen molar-refractivity contribution >= 4 is 5.78 Å². The van der Waals surface area contributed by atoms with E-state index in [4.69, 9.17) is 0 Å². The van der Waals surface area contributed by atoms with Crippen molar-refractivity contribution in [3.8, 4) is 0 Å². The van der Waals surface area contributed by atoms with Gasteiger partial charge in [-0.1, -0.05) is 26.3 Å². The van der Waals surface area contributed by atoms with Crippen molar-refractivity contribution in [1.29, 1.82) is 0 Å². The summed E-state index contributed by atoms with van der Waals surface area (Å²) in [6, 6.07) is 0. The molecule has 90 valence electrons. The zero-order chi connectivity index (χ0) is 11.9. The lowest BCUT2D eigenvalue weighted by Crippen LogP contribution is -2.34. The van der Waals surface area contributed by atoms with E-state index in [1.54, 1.807) is 0 Å². The molecule has 0 heterocycles. The molecular weight excluding hydrogens is 196 g/mol. The predicted octanol–water partition coefficient (Wildman–Crippen LogP) is 3.98. The van der Waals surface area contributed by atoms with E-state index < -0.39 is 0 Å². The van der Waals surface area contributed by atoms with Crippen LogP contribution >= 0.6 is 0 Å². The quantitative estimate of drug-likeness (QED) is 0.653. The first kappa shape index (κ1) is 11.9. The van der Waals surface area contributed by atoms with Crippen LogP contribution in [0.25, 0.3) is 0 Å². The number of allylic oxidation sites excluding steroid dienone is 2. The normalized spacial score (nSPS) is 35.6. The Labute approximate surface area is 99.3 Å². The van der Waals surface area contributed by atoms with Gasteiger partial charge in [0.1, 0.15) is 0 Å². The minimum atomic E-state index is 0.416. The lowest BCUT2D eigenvalue weighted by atomic mass is 9.63. The molecule has 1 fully saturated rings. The number of carbonyl (C=O) groups is 1. The van der Waals surface area contributed by atoms with E-state index in [-0.39, 0.29) is 0 Å². The van der Waals surface area contributed by atoms with Crippen LogP contribution in [0.3, 0.4) is 0 Å². The van der Waals surface area contributed by atoms with Crippen LogP contribution in [0.15, 0.2) is 11.1 Å². The first-order valence-corrected chi connectivity index (χ1v) is 6.73. The summed E-state index contributed by atoms with van der Waals surface area (Å²) in [5, 5.41) is 0. The topological polar surface area (TPSA) is 17.1 Å². The van der Waals surface area contributed by atoms with Gasteiger partial charge in [0.25, 0.3) is 0 Å². The van der Waals surface area contributed by atoms with Crippen molar-refractivity contribution in [3.63, 3.8) is 0 Å². The molecular formula is C15H24O. The summed E-state index contributed by atoms with van der Waals surface area (Å²) in [7, 11) is 0. The standard InChI is InChI=1S/C15H24O/c1-9(2)13-8-15(16)11(4)12-6-5-10(3)7-14(12)13/h9-10,13-14H,5-8H2,1-4H3. The molecule has 2 rings (SSSR count). The summed E-state index contributed by atoms with van der Waals surface area (Å²) in [6.07, 6.45) is 4.56. The van der Waals surface area contributed by atoms with Crippen LogP contribution in [0.4, 0.5) is 0 Å². The molecule has 1 heteroatoms. The molecule has 3 atom stereocenters. The average molecular weight is 220 g/mol. The number of carbonyl (C=O) groups excluding carboxylic acids is 1. The molecule has 0 bridgehead atoms. The summed E-state index contributed by atoms with van der Waals surface area (Å²) in [5.74, 6) is 3.22. The van der Waals surface area contributed by atoms with Gasteiger partial charge >= 0.3 is 0 Å². The molecule has 0 aromatic carbocycles. The largest absolute Gasteiger partial charge is 0.295 e. The fourth-order valence-corrected chi connectivity index (χ4v) is 3.57. The minimum Gasteiger partial charge on any atom is -0.295 e. The van der Waals surface area contributed by atoms with Crippen molar-refractivity contribution in [2.75, 3.05) is 0 Å². The fraction of sp³-hybridized carbons (Fsp3) is 0.800. The molecule has 0 saturated heterocycles. The molecule has 2 aliphatic rings. The highest BCUT2D eigenvalue weighted by molar-refractivity contribution is 5.96. The van der Waals surface area contributed by atoms with Gasteiger partial charge < -0.3 is 0 Å². The van der Waals surface area contributed by atoms with Crippen LogP contribution in [0, 0.1) is 23.7 Å². The minimum absolute atomic E-state index is 0.416. The molecule has 0 spiro atoms. The number of rotatable bonds is 1. The maximum absolute atomic E-state index is 12.0. The third-order valence-electron chi connectivity index (χ3n) is 4.70. The number of fused-ring (bicyclic) bond motifs is 1. The van der Waals surface area contributed by atoms with Crippen LogP contribution in [0.1, 0.15) is 53.4 Å². The molecule has 3 unspecified atom stereocenters. The van der Waals surface area contributed by atoms with Gasteiger partial charge in [0.15, 0.2) is 5.78 Å². The van der Waals surface area contributed by atoms with Crippen molar-refractivity contribution in [2.45, 2.75) is 53.4 Å². The maximum Gasteiger partial charge on any atom is 0.158 e.